The fraction of sp³-hybridized carbons (Fsp3) is 0.452. The highest BCUT2D eigenvalue weighted by Gasteiger charge is 2.40. The predicted molar refractivity (Wildman–Crippen MR) is 160 cm³/mol. The molecule has 2 aromatic heterocycles. The molecule has 5 rings (SSSR count). The monoisotopic (exact) mass is 577 g/mol. The summed E-state index contributed by atoms with van der Waals surface area (Å²) in [5.41, 5.74) is 2.27. The van der Waals surface area contributed by atoms with E-state index in [0.717, 1.165) is 36.0 Å². The van der Waals surface area contributed by atoms with Crippen molar-refractivity contribution < 1.29 is 18.3 Å². The summed E-state index contributed by atoms with van der Waals surface area (Å²) in [6, 6.07) is 6.78. The van der Waals surface area contributed by atoms with Crippen LogP contribution in [0.1, 0.15) is 59.9 Å². The number of nitrogens with zero attached hydrogens (tertiary/aromatic N) is 6. The number of anilines is 3. The Morgan fingerprint density at radius 2 is 1.74 bits per heavy atom. The molecule has 0 spiro atoms. The maximum Gasteiger partial charge on any atom is 0.410 e. The standard InChI is InChI=1S/C31H37F2N7O2/c1-7-31(8-2)19(3)36-27-22(31)15-20(16-23(27)32)26-24(33)18-35-28(38-26)37-25-10-9-21(17-34-25)39-11-13-40(14-12-39)29(41)42-30(4,5)6/h9-10,15-18H,7-8,11-14H2,1-6H3,(H,34,35,37,38). The van der Waals surface area contributed by atoms with E-state index in [-0.39, 0.29) is 23.2 Å². The maximum atomic E-state index is 15.2. The van der Waals surface area contributed by atoms with Gasteiger partial charge in [0, 0.05) is 42.9 Å². The highest BCUT2D eigenvalue weighted by Crippen LogP contribution is 2.47. The zero-order valence-corrected chi connectivity index (χ0v) is 25.0. The van der Waals surface area contributed by atoms with Crippen LogP contribution >= 0.6 is 0 Å². The lowest BCUT2D eigenvalue weighted by molar-refractivity contribution is 0.0240. The minimum Gasteiger partial charge on any atom is -0.444 e. The Morgan fingerprint density at radius 3 is 2.36 bits per heavy atom. The molecule has 42 heavy (non-hydrogen) atoms. The normalized spacial score (nSPS) is 16.2. The molecular weight excluding hydrogens is 540 g/mol. The quantitative estimate of drug-likeness (QED) is 0.345. The third kappa shape index (κ3) is 5.64. The lowest BCUT2D eigenvalue weighted by atomic mass is 9.73. The van der Waals surface area contributed by atoms with Crippen LogP contribution in [-0.2, 0) is 10.2 Å². The molecule has 0 atom stereocenters. The molecule has 222 valence electrons. The first-order chi connectivity index (χ1) is 19.9. The van der Waals surface area contributed by atoms with E-state index in [4.69, 9.17) is 4.74 Å². The van der Waals surface area contributed by atoms with Gasteiger partial charge in [-0.25, -0.2) is 28.5 Å². The molecular formula is C31H37F2N7O2. The Bertz CT molecular complexity index is 1510. The Kier molecular flexibility index (Phi) is 7.87. The van der Waals surface area contributed by atoms with E-state index in [9.17, 15) is 9.18 Å². The smallest absolute Gasteiger partial charge is 0.410 e. The van der Waals surface area contributed by atoms with Crippen LogP contribution in [-0.4, -0.2) is 63.4 Å². The van der Waals surface area contributed by atoms with E-state index in [1.807, 2.05) is 33.8 Å². The number of halogens is 2. The highest BCUT2D eigenvalue weighted by molar-refractivity contribution is 6.00. The van der Waals surface area contributed by atoms with Crippen molar-refractivity contribution in [3.05, 3.63) is 53.9 Å². The molecule has 9 nitrogen and oxygen atoms in total. The van der Waals surface area contributed by atoms with Crippen molar-refractivity contribution >= 4 is 34.9 Å². The lowest BCUT2D eigenvalue weighted by Gasteiger charge is -2.36. The van der Waals surface area contributed by atoms with E-state index >= 15 is 4.39 Å². The number of ether oxygens (including phenoxy) is 1. The van der Waals surface area contributed by atoms with Crippen molar-refractivity contribution in [1.29, 1.82) is 0 Å². The van der Waals surface area contributed by atoms with E-state index in [0.29, 0.717) is 43.2 Å². The van der Waals surface area contributed by atoms with Gasteiger partial charge >= 0.3 is 6.09 Å². The van der Waals surface area contributed by atoms with Crippen molar-refractivity contribution in [2.75, 3.05) is 36.4 Å². The summed E-state index contributed by atoms with van der Waals surface area (Å²) in [4.78, 5) is 33.7. The van der Waals surface area contributed by atoms with Crippen molar-refractivity contribution in [2.24, 2.45) is 4.99 Å². The number of benzene rings is 1. The van der Waals surface area contributed by atoms with Crippen LogP contribution in [0.4, 0.5) is 36.7 Å². The zero-order chi connectivity index (χ0) is 30.2. The lowest BCUT2D eigenvalue weighted by Crippen LogP contribution is -2.50. The number of carbonyl (C=O) groups excluding carboxylic acids is 1. The second kappa shape index (κ2) is 11.3. The van der Waals surface area contributed by atoms with Gasteiger partial charge in [-0.15, -0.1) is 0 Å². The minimum absolute atomic E-state index is 0.000613. The molecule has 0 bridgehead atoms. The number of hydrogen-bond donors (Lipinski definition) is 1. The second-order valence-corrected chi connectivity index (χ2v) is 11.7. The minimum atomic E-state index is -0.650. The van der Waals surface area contributed by atoms with E-state index < -0.39 is 17.2 Å². The molecule has 1 fully saturated rings. The molecule has 1 aromatic carbocycles. The Labute approximate surface area is 245 Å². The molecule has 0 unspecified atom stereocenters. The fourth-order valence-corrected chi connectivity index (χ4v) is 5.69. The highest BCUT2D eigenvalue weighted by atomic mass is 19.1. The summed E-state index contributed by atoms with van der Waals surface area (Å²) in [6.07, 6.45) is 4.01. The average molecular weight is 578 g/mol. The molecule has 0 radical (unpaired) electrons. The first-order valence-corrected chi connectivity index (χ1v) is 14.3. The van der Waals surface area contributed by atoms with Gasteiger partial charge in [0.1, 0.15) is 28.6 Å². The first kappa shape index (κ1) is 29.3. The summed E-state index contributed by atoms with van der Waals surface area (Å²) in [5, 5.41) is 3.02. The molecule has 0 aliphatic carbocycles. The molecule has 4 heterocycles. The number of piperazine rings is 1. The number of fused-ring (bicyclic) bond motifs is 1. The van der Waals surface area contributed by atoms with Crippen LogP contribution in [0.3, 0.4) is 0 Å². The molecule has 1 N–H and O–H groups in total. The number of pyridine rings is 1. The third-order valence-electron chi connectivity index (χ3n) is 8.06. The largest absolute Gasteiger partial charge is 0.444 e. The average Bonchev–Trinajstić information content (AvgIpc) is 3.25. The molecule has 1 saturated heterocycles. The number of aliphatic imine (C=N–C) groups is 1. The van der Waals surface area contributed by atoms with Gasteiger partial charge in [-0.3, -0.25) is 4.99 Å². The topological polar surface area (TPSA) is 95.8 Å². The number of nitrogens with one attached hydrogen (secondary N) is 1. The number of hydrogen-bond acceptors (Lipinski definition) is 8. The third-order valence-corrected chi connectivity index (χ3v) is 8.06. The van der Waals surface area contributed by atoms with Gasteiger partial charge in [-0.2, -0.15) is 0 Å². The number of amides is 1. The summed E-state index contributed by atoms with van der Waals surface area (Å²) in [5.74, 6) is -0.530. The van der Waals surface area contributed by atoms with E-state index in [1.165, 1.54) is 6.07 Å². The SMILES string of the molecule is CCC1(CC)C(C)=Nc2c(F)cc(-c3nc(Nc4ccc(N5CCN(C(=O)OC(C)(C)C)CC5)cn4)ncc3F)cc21. The van der Waals surface area contributed by atoms with Crippen LogP contribution in [0.2, 0.25) is 0 Å². The molecule has 2 aliphatic heterocycles. The van der Waals surface area contributed by atoms with Gasteiger partial charge in [0.15, 0.2) is 5.82 Å². The summed E-state index contributed by atoms with van der Waals surface area (Å²) >= 11 is 0. The van der Waals surface area contributed by atoms with Crippen LogP contribution in [0.15, 0.2) is 41.7 Å². The molecule has 3 aromatic rings. The molecule has 2 aliphatic rings. The summed E-state index contributed by atoms with van der Waals surface area (Å²) in [7, 11) is 0. The summed E-state index contributed by atoms with van der Waals surface area (Å²) in [6.45, 7) is 14.0. The number of carbonyl (C=O) groups is 1. The zero-order valence-electron chi connectivity index (χ0n) is 25.0. The van der Waals surface area contributed by atoms with Crippen LogP contribution in [0, 0.1) is 11.6 Å². The molecule has 0 saturated carbocycles. The Hall–Kier alpha value is -4.15. The van der Waals surface area contributed by atoms with Gasteiger partial charge in [-0.1, -0.05) is 13.8 Å². The van der Waals surface area contributed by atoms with Gasteiger partial charge in [0.2, 0.25) is 5.95 Å². The van der Waals surface area contributed by atoms with Crippen LogP contribution < -0.4 is 10.2 Å². The second-order valence-electron chi connectivity index (χ2n) is 11.7. The fourth-order valence-electron chi connectivity index (χ4n) is 5.69. The van der Waals surface area contributed by atoms with Crippen molar-refractivity contribution in [1.82, 2.24) is 19.9 Å². The van der Waals surface area contributed by atoms with Gasteiger partial charge in [0.05, 0.1) is 18.1 Å². The van der Waals surface area contributed by atoms with Crippen molar-refractivity contribution in [3.63, 3.8) is 0 Å². The van der Waals surface area contributed by atoms with Gasteiger partial charge < -0.3 is 19.9 Å². The molecule has 1 amide bonds. The van der Waals surface area contributed by atoms with Crippen LogP contribution in [0.5, 0.6) is 0 Å². The van der Waals surface area contributed by atoms with Crippen molar-refractivity contribution in [2.45, 2.75) is 65.4 Å². The van der Waals surface area contributed by atoms with E-state index in [2.05, 4.69) is 44.0 Å². The number of aromatic nitrogens is 3. The van der Waals surface area contributed by atoms with Gasteiger partial charge in [0.25, 0.3) is 0 Å². The maximum absolute atomic E-state index is 15.2. The number of rotatable bonds is 6. The Balaban J connectivity index is 1.30. The van der Waals surface area contributed by atoms with Crippen molar-refractivity contribution in [3.8, 4) is 11.3 Å². The summed E-state index contributed by atoms with van der Waals surface area (Å²) < 4.78 is 35.6. The molecule has 11 heteroatoms. The first-order valence-electron chi connectivity index (χ1n) is 14.3. The Morgan fingerprint density at radius 1 is 1.02 bits per heavy atom. The van der Waals surface area contributed by atoms with Gasteiger partial charge in [-0.05, 0) is 70.4 Å². The van der Waals surface area contributed by atoms with Crippen LogP contribution in [0.25, 0.3) is 11.3 Å². The van der Waals surface area contributed by atoms with E-state index in [1.54, 1.807) is 23.2 Å². The predicted octanol–water partition coefficient (Wildman–Crippen LogP) is 6.78.